The Balaban J connectivity index is 2.65. The van der Waals surface area contributed by atoms with Crippen LogP contribution in [0, 0.1) is 13.8 Å². The predicted octanol–water partition coefficient (Wildman–Crippen LogP) is 4.81. The molecule has 0 saturated carbocycles. The lowest BCUT2D eigenvalue weighted by Crippen LogP contribution is -2.03. The second kappa shape index (κ2) is 6.12. The van der Waals surface area contributed by atoms with Crippen molar-refractivity contribution in [3.63, 3.8) is 0 Å². The molecule has 1 aromatic rings. The molecule has 0 unspecified atom stereocenters. The molecular weight excluding hydrogens is 194 g/mol. The van der Waals surface area contributed by atoms with Gasteiger partial charge in [0.2, 0.25) is 0 Å². The van der Waals surface area contributed by atoms with E-state index in [1.54, 1.807) is 0 Å². The van der Waals surface area contributed by atoms with Crippen molar-refractivity contribution in [2.45, 2.75) is 72.8 Å². The second-order valence-electron chi connectivity index (χ2n) is 5.19. The van der Waals surface area contributed by atoms with Gasteiger partial charge in [0.25, 0.3) is 0 Å². The Kier molecular flexibility index (Phi) is 5.11. The molecule has 0 aliphatic heterocycles. The summed E-state index contributed by atoms with van der Waals surface area (Å²) in [7, 11) is 0. The number of nitrogens with zero attached hydrogens (tertiary/aromatic N) is 1. The van der Waals surface area contributed by atoms with E-state index in [9.17, 15) is 0 Å². The number of aryl methyl sites for hydroxylation is 1. The van der Waals surface area contributed by atoms with Crippen molar-refractivity contribution >= 4 is 0 Å². The maximum atomic E-state index is 2.49. The molecule has 0 fully saturated rings. The van der Waals surface area contributed by atoms with Crippen molar-refractivity contribution in [2.75, 3.05) is 0 Å². The summed E-state index contributed by atoms with van der Waals surface area (Å²) in [5.41, 5.74) is 4.43. The summed E-state index contributed by atoms with van der Waals surface area (Å²) < 4.78 is 2.49. The van der Waals surface area contributed by atoms with E-state index in [0.29, 0.717) is 5.92 Å². The van der Waals surface area contributed by atoms with Gasteiger partial charge in [-0.05, 0) is 37.8 Å². The molecule has 0 saturated heterocycles. The SMILES string of the molecule is CCCCCCn1c(C)cc(C(C)C)c1C. The molecule has 0 aliphatic carbocycles. The number of aromatic nitrogens is 1. The van der Waals surface area contributed by atoms with E-state index < -0.39 is 0 Å². The molecule has 0 bridgehead atoms. The molecule has 1 nitrogen and oxygen atoms in total. The molecule has 1 heteroatoms. The molecule has 16 heavy (non-hydrogen) atoms. The first-order valence-electron chi connectivity index (χ1n) is 6.74. The van der Waals surface area contributed by atoms with Crippen LogP contribution in [-0.4, -0.2) is 4.57 Å². The van der Waals surface area contributed by atoms with E-state index in [0.717, 1.165) is 0 Å². The average Bonchev–Trinajstić information content (AvgIpc) is 2.51. The van der Waals surface area contributed by atoms with Crippen molar-refractivity contribution in [2.24, 2.45) is 0 Å². The minimum absolute atomic E-state index is 0.649. The molecule has 0 radical (unpaired) electrons. The molecule has 0 N–H and O–H groups in total. The van der Waals surface area contributed by atoms with Crippen molar-refractivity contribution in [1.82, 2.24) is 4.57 Å². The number of hydrogen-bond donors (Lipinski definition) is 0. The third-order valence-corrected chi connectivity index (χ3v) is 3.47. The van der Waals surface area contributed by atoms with Crippen LogP contribution in [0.25, 0.3) is 0 Å². The number of rotatable bonds is 6. The van der Waals surface area contributed by atoms with Gasteiger partial charge in [-0.3, -0.25) is 0 Å². The minimum atomic E-state index is 0.649. The van der Waals surface area contributed by atoms with Gasteiger partial charge >= 0.3 is 0 Å². The van der Waals surface area contributed by atoms with E-state index >= 15 is 0 Å². The van der Waals surface area contributed by atoms with E-state index in [2.05, 4.69) is 45.3 Å². The predicted molar refractivity (Wildman–Crippen MR) is 72.1 cm³/mol. The van der Waals surface area contributed by atoms with Crippen molar-refractivity contribution in [3.05, 3.63) is 23.0 Å². The lowest BCUT2D eigenvalue weighted by Gasteiger charge is -2.10. The first-order valence-corrected chi connectivity index (χ1v) is 6.74. The fourth-order valence-corrected chi connectivity index (χ4v) is 2.45. The zero-order valence-corrected chi connectivity index (χ0v) is 11.6. The normalized spacial score (nSPS) is 11.4. The summed E-state index contributed by atoms with van der Waals surface area (Å²) >= 11 is 0. The van der Waals surface area contributed by atoms with Crippen molar-refractivity contribution in [3.8, 4) is 0 Å². The van der Waals surface area contributed by atoms with Crippen LogP contribution in [0.2, 0.25) is 0 Å². The van der Waals surface area contributed by atoms with Gasteiger partial charge in [-0.25, -0.2) is 0 Å². The van der Waals surface area contributed by atoms with Crippen LogP contribution in [0.3, 0.4) is 0 Å². The van der Waals surface area contributed by atoms with Gasteiger partial charge in [-0.1, -0.05) is 40.0 Å². The van der Waals surface area contributed by atoms with Gasteiger partial charge in [-0.15, -0.1) is 0 Å². The van der Waals surface area contributed by atoms with Crippen LogP contribution in [0.4, 0.5) is 0 Å². The maximum absolute atomic E-state index is 2.49. The highest BCUT2D eigenvalue weighted by Gasteiger charge is 2.10. The largest absolute Gasteiger partial charge is 0.349 e. The van der Waals surface area contributed by atoms with E-state index in [4.69, 9.17) is 0 Å². The topological polar surface area (TPSA) is 4.93 Å². The summed E-state index contributed by atoms with van der Waals surface area (Å²) in [5.74, 6) is 0.649. The standard InChI is InChI=1S/C15H27N/c1-6-7-8-9-10-16-13(4)11-15(12(2)3)14(16)5/h11-12H,6-10H2,1-5H3. The molecule has 92 valence electrons. The lowest BCUT2D eigenvalue weighted by atomic mass is 10.0. The van der Waals surface area contributed by atoms with Gasteiger partial charge in [-0.2, -0.15) is 0 Å². The Morgan fingerprint density at radius 3 is 2.31 bits per heavy atom. The van der Waals surface area contributed by atoms with Crippen LogP contribution in [0.15, 0.2) is 6.07 Å². The molecule has 1 heterocycles. The number of hydrogen-bond acceptors (Lipinski definition) is 0. The quantitative estimate of drug-likeness (QED) is 0.608. The smallest absolute Gasteiger partial charge is 0.0224 e. The van der Waals surface area contributed by atoms with Crippen molar-refractivity contribution in [1.29, 1.82) is 0 Å². The van der Waals surface area contributed by atoms with Gasteiger partial charge in [0, 0.05) is 17.9 Å². The highest BCUT2D eigenvalue weighted by Crippen LogP contribution is 2.23. The molecule has 0 spiro atoms. The molecule has 0 aromatic carbocycles. The van der Waals surface area contributed by atoms with Crippen LogP contribution in [-0.2, 0) is 6.54 Å². The molecule has 0 amide bonds. The molecular formula is C15H27N. The second-order valence-corrected chi connectivity index (χ2v) is 5.19. The third kappa shape index (κ3) is 3.13. The van der Waals surface area contributed by atoms with E-state index in [1.165, 1.54) is 49.2 Å². The van der Waals surface area contributed by atoms with Crippen LogP contribution in [0.1, 0.15) is 69.3 Å². The monoisotopic (exact) mass is 221 g/mol. The number of unbranched alkanes of at least 4 members (excludes halogenated alkanes) is 3. The summed E-state index contributed by atoms with van der Waals surface area (Å²) in [4.78, 5) is 0. The summed E-state index contributed by atoms with van der Waals surface area (Å²) in [6.07, 6.45) is 5.38. The fourth-order valence-electron chi connectivity index (χ4n) is 2.45. The highest BCUT2D eigenvalue weighted by atomic mass is 15.0. The Morgan fingerprint density at radius 1 is 1.12 bits per heavy atom. The van der Waals surface area contributed by atoms with Gasteiger partial charge in [0.1, 0.15) is 0 Å². The van der Waals surface area contributed by atoms with Gasteiger partial charge in [0.05, 0.1) is 0 Å². The summed E-state index contributed by atoms with van der Waals surface area (Å²) in [6.45, 7) is 12.5. The zero-order valence-electron chi connectivity index (χ0n) is 11.6. The molecule has 0 aliphatic rings. The fraction of sp³-hybridized carbons (Fsp3) is 0.733. The van der Waals surface area contributed by atoms with Gasteiger partial charge < -0.3 is 4.57 Å². The van der Waals surface area contributed by atoms with E-state index in [1.807, 2.05) is 0 Å². The summed E-state index contributed by atoms with van der Waals surface area (Å²) in [5, 5.41) is 0. The van der Waals surface area contributed by atoms with Crippen molar-refractivity contribution < 1.29 is 0 Å². The van der Waals surface area contributed by atoms with E-state index in [-0.39, 0.29) is 0 Å². The Labute approximate surface area is 101 Å². The first-order chi connectivity index (χ1) is 7.57. The third-order valence-electron chi connectivity index (χ3n) is 3.47. The van der Waals surface area contributed by atoms with Crippen LogP contribution < -0.4 is 0 Å². The lowest BCUT2D eigenvalue weighted by molar-refractivity contribution is 0.566. The maximum Gasteiger partial charge on any atom is 0.0224 e. The first kappa shape index (κ1) is 13.3. The molecule has 0 atom stereocenters. The minimum Gasteiger partial charge on any atom is -0.349 e. The Bertz CT molecular complexity index is 320. The molecule has 1 rings (SSSR count). The average molecular weight is 221 g/mol. The zero-order chi connectivity index (χ0) is 12.1. The Hall–Kier alpha value is -0.720. The van der Waals surface area contributed by atoms with Crippen LogP contribution in [0.5, 0.6) is 0 Å². The summed E-state index contributed by atoms with van der Waals surface area (Å²) in [6, 6.07) is 2.36. The molecule has 1 aromatic heterocycles. The Morgan fingerprint density at radius 2 is 1.81 bits per heavy atom. The highest BCUT2D eigenvalue weighted by molar-refractivity contribution is 5.29. The van der Waals surface area contributed by atoms with Crippen LogP contribution >= 0.6 is 0 Å². The van der Waals surface area contributed by atoms with Gasteiger partial charge in [0.15, 0.2) is 0 Å².